The SMILES string of the molecule is C[C@H](NC(=O)c1c(Cl)cnn1C)[C@@H]1C[C@H]2CC[C@H]1C2. The van der Waals surface area contributed by atoms with Gasteiger partial charge in [0.2, 0.25) is 0 Å². The highest BCUT2D eigenvalue weighted by atomic mass is 35.5. The molecular weight excluding hydrogens is 262 g/mol. The second-order valence-electron chi connectivity index (χ2n) is 6.07. The fraction of sp³-hybridized carbons (Fsp3) is 0.714. The van der Waals surface area contributed by atoms with Crippen molar-refractivity contribution in [3.05, 3.63) is 16.9 Å². The molecule has 2 saturated carbocycles. The number of aromatic nitrogens is 2. The minimum atomic E-state index is -0.111. The maximum Gasteiger partial charge on any atom is 0.271 e. The summed E-state index contributed by atoms with van der Waals surface area (Å²) in [6, 6.07) is 0.216. The lowest BCUT2D eigenvalue weighted by Crippen LogP contribution is -2.40. The van der Waals surface area contributed by atoms with Crippen molar-refractivity contribution in [1.82, 2.24) is 15.1 Å². The van der Waals surface area contributed by atoms with Crippen molar-refractivity contribution in [2.45, 2.75) is 38.6 Å². The van der Waals surface area contributed by atoms with Crippen LogP contribution in [-0.4, -0.2) is 21.7 Å². The molecule has 4 atom stereocenters. The molecule has 1 aromatic heterocycles. The summed E-state index contributed by atoms with van der Waals surface area (Å²) in [7, 11) is 1.74. The highest BCUT2D eigenvalue weighted by Crippen LogP contribution is 2.49. The van der Waals surface area contributed by atoms with Crippen molar-refractivity contribution < 1.29 is 4.79 Å². The quantitative estimate of drug-likeness (QED) is 0.926. The van der Waals surface area contributed by atoms with Gasteiger partial charge >= 0.3 is 0 Å². The number of amides is 1. The Kier molecular flexibility index (Phi) is 3.29. The van der Waals surface area contributed by atoms with Crippen LogP contribution in [0.15, 0.2) is 6.20 Å². The molecule has 0 unspecified atom stereocenters. The number of carbonyl (C=O) groups excluding carboxylic acids is 1. The molecule has 1 aromatic rings. The van der Waals surface area contributed by atoms with Crippen molar-refractivity contribution in [2.24, 2.45) is 24.8 Å². The van der Waals surface area contributed by atoms with Crippen LogP contribution >= 0.6 is 11.6 Å². The van der Waals surface area contributed by atoms with E-state index in [2.05, 4.69) is 17.3 Å². The number of hydrogen-bond acceptors (Lipinski definition) is 2. The van der Waals surface area contributed by atoms with Gasteiger partial charge < -0.3 is 5.32 Å². The summed E-state index contributed by atoms with van der Waals surface area (Å²) in [6.07, 6.45) is 6.86. The number of carbonyl (C=O) groups is 1. The van der Waals surface area contributed by atoms with Gasteiger partial charge in [-0.3, -0.25) is 9.48 Å². The fourth-order valence-corrected chi connectivity index (χ4v) is 4.21. The van der Waals surface area contributed by atoms with Gasteiger partial charge in [0.05, 0.1) is 11.2 Å². The van der Waals surface area contributed by atoms with Crippen molar-refractivity contribution >= 4 is 17.5 Å². The molecule has 1 heterocycles. The van der Waals surface area contributed by atoms with Crippen LogP contribution < -0.4 is 5.32 Å². The zero-order chi connectivity index (χ0) is 13.6. The highest BCUT2D eigenvalue weighted by molar-refractivity contribution is 6.33. The molecule has 0 saturated heterocycles. The van der Waals surface area contributed by atoms with Crippen molar-refractivity contribution in [1.29, 1.82) is 0 Å². The van der Waals surface area contributed by atoms with Crippen molar-refractivity contribution in [2.75, 3.05) is 0 Å². The summed E-state index contributed by atoms with van der Waals surface area (Å²) in [5.41, 5.74) is 0.455. The van der Waals surface area contributed by atoms with Gasteiger partial charge in [-0.15, -0.1) is 0 Å². The lowest BCUT2D eigenvalue weighted by Gasteiger charge is -2.28. The second-order valence-corrected chi connectivity index (χ2v) is 6.47. The third kappa shape index (κ3) is 2.27. The molecule has 3 rings (SSSR count). The maximum atomic E-state index is 12.3. The third-order valence-electron chi connectivity index (χ3n) is 4.90. The van der Waals surface area contributed by atoms with E-state index >= 15 is 0 Å². The first-order chi connectivity index (χ1) is 9.06. The summed E-state index contributed by atoms with van der Waals surface area (Å²) in [6.45, 7) is 2.12. The van der Waals surface area contributed by atoms with E-state index in [0.29, 0.717) is 16.6 Å². The average molecular weight is 282 g/mol. The van der Waals surface area contributed by atoms with Gasteiger partial charge in [0, 0.05) is 13.1 Å². The standard InChI is InChI=1S/C14H20ClN3O/c1-8(11-6-9-3-4-10(11)5-9)17-14(19)13-12(15)7-16-18(13)2/h7-11H,3-6H2,1-2H3,(H,17,19)/t8-,9-,10-,11-/m0/s1. The summed E-state index contributed by atoms with van der Waals surface area (Å²) in [5, 5.41) is 7.53. The first-order valence-corrected chi connectivity index (χ1v) is 7.42. The number of aryl methyl sites for hydroxylation is 1. The fourth-order valence-electron chi connectivity index (χ4n) is 3.95. The Labute approximate surface area is 118 Å². The smallest absolute Gasteiger partial charge is 0.271 e. The Morgan fingerprint density at radius 3 is 2.84 bits per heavy atom. The van der Waals surface area contributed by atoms with Gasteiger partial charge in [-0.05, 0) is 43.9 Å². The van der Waals surface area contributed by atoms with Crippen LogP contribution in [0.25, 0.3) is 0 Å². The van der Waals surface area contributed by atoms with E-state index in [0.717, 1.165) is 11.8 Å². The van der Waals surface area contributed by atoms with Crippen LogP contribution in [-0.2, 0) is 7.05 Å². The van der Waals surface area contributed by atoms with E-state index in [1.807, 2.05) is 0 Å². The zero-order valence-electron chi connectivity index (χ0n) is 11.4. The summed E-state index contributed by atoms with van der Waals surface area (Å²) >= 11 is 6.00. The van der Waals surface area contributed by atoms with Gasteiger partial charge in [-0.1, -0.05) is 18.0 Å². The molecule has 2 aliphatic carbocycles. The van der Waals surface area contributed by atoms with E-state index in [1.54, 1.807) is 7.05 Å². The van der Waals surface area contributed by atoms with Crippen molar-refractivity contribution in [3.8, 4) is 0 Å². The molecule has 0 aliphatic heterocycles. The van der Waals surface area contributed by atoms with Crippen LogP contribution in [0.3, 0.4) is 0 Å². The maximum absolute atomic E-state index is 12.3. The highest BCUT2D eigenvalue weighted by Gasteiger charge is 2.42. The lowest BCUT2D eigenvalue weighted by atomic mass is 9.84. The second kappa shape index (κ2) is 4.82. The Bertz CT molecular complexity index is 479. The molecule has 2 bridgehead atoms. The Morgan fingerprint density at radius 2 is 2.32 bits per heavy atom. The normalized spacial score (nSPS) is 30.6. The Balaban J connectivity index is 1.67. The van der Waals surface area contributed by atoms with Gasteiger partial charge in [0.25, 0.3) is 5.91 Å². The van der Waals surface area contributed by atoms with Crippen LogP contribution in [0.5, 0.6) is 0 Å². The van der Waals surface area contributed by atoms with Gasteiger partial charge in [-0.2, -0.15) is 5.10 Å². The van der Waals surface area contributed by atoms with E-state index in [1.165, 1.54) is 36.6 Å². The number of nitrogens with one attached hydrogen (secondary N) is 1. The number of hydrogen-bond donors (Lipinski definition) is 1. The molecule has 0 radical (unpaired) electrons. The molecule has 104 valence electrons. The number of nitrogens with zero attached hydrogens (tertiary/aromatic N) is 2. The third-order valence-corrected chi connectivity index (χ3v) is 5.18. The monoisotopic (exact) mass is 281 g/mol. The predicted octanol–water partition coefficient (Wildman–Crippen LogP) is 2.63. The minimum absolute atomic E-state index is 0.111. The first-order valence-electron chi connectivity index (χ1n) is 7.04. The minimum Gasteiger partial charge on any atom is -0.348 e. The molecule has 19 heavy (non-hydrogen) atoms. The number of fused-ring (bicyclic) bond motifs is 2. The number of rotatable bonds is 3. The molecule has 1 N–H and O–H groups in total. The number of halogens is 1. The molecule has 0 aromatic carbocycles. The van der Waals surface area contributed by atoms with Crippen LogP contribution in [0.2, 0.25) is 5.02 Å². The zero-order valence-corrected chi connectivity index (χ0v) is 12.2. The first kappa shape index (κ1) is 13.0. The molecule has 4 nitrogen and oxygen atoms in total. The van der Waals surface area contributed by atoms with Crippen LogP contribution in [0.4, 0.5) is 0 Å². The molecule has 2 fully saturated rings. The van der Waals surface area contributed by atoms with Gasteiger partial charge in [0.15, 0.2) is 0 Å². The van der Waals surface area contributed by atoms with E-state index in [4.69, 9.17) is 11.6 Å². The average Bonchev–Trinajstić information content (AvgIpc) is 3.05. The predicted molar refractivity (Wildman–Crippen MR) is 74.1 cm³/mol. The molecule has 5 heteroatoms. The van der Waals surface area contributed by atoms with E-state index in [-0.39, 0.29) is 11.9 Å². The topological polar surface area (TPSA) is 46.9 Å². The van der Waals surface area contributed by atoms with E-state index in [9.17, 15) is 4.79 Å². The van der Waals surface area contributed by atoms with E-state index < -0.39 is 0 Å². The van der Waals surface area contributed by atoms with Gasteiger partial charge in [0.1, 0.15) is 5.69 Å². The molecular formula is C14H20ClN3O. The summed E-state index contributed by atoms with van der Waals surface area (Å²) in [4.78, 5) is 12.3. The molecule has 1 amide bonds. The summed E-state index contributed by atoms with van der Waals surface area (Å²) < 4.78 is 1.53. The molecule has 0 spiro atoms. The largest absolute Gasteiger partial charge is 0.348 e. The lowest BCUT2D eigenvalue weighted by molar-refractivity contribution is 0.0906. The van der Waals surface area contributed by atoms with Crippen LogP contribution in [0.1, 0.15) is 43.1 Å². The van der Waals surface area contributed by atoms with Crippen LogP contribution in [0, 0.1) is 17.8 Å². The Morgan fingerprint density at radius 1 is 1.53 bits per heavy atom. The molecule has 2 aliphatic rings. The van der Waals surface area contributed by atoms with Crippen molar-refractivity contribution in [3.63, 3.8) is 0 Å². The summed E-state index contributed by atoms with van der Waals surface area (Å²) in [5.74, 6) is 2.23. The Hall–Kier alpha value is -1.03. The van der Waals surface area contributed by atoms with Gasteiger partial charge in [-0.25, -0.2) is 0 Å².